The summed E-state index contributed by atoms with van der Waals surface area (Å²) in [7, 11) is 1.58. The fourth-order valence-corrected chi connectivity index (χ4v) is 2.39. The Morgan fingerprint density at radius 3 is 2.50 bits per heavy atom. The fourth-order valence-electron chi connectivity index (χ4n) is 2.39. The van der Waals surface area contributed by atoms with Crippen LogP contribution in [-0.4, -0.2) is 34.7 Å². The minimum Gasteiger partial charge on any atom is -0.497 e. The van der Waals surface area contributed by atoms with E-state index in [1.54, 1.807) is 37.6 Å². The van der Waals surface area contributed by atoms with E-state index in [4.69, 9.17) is 10.5 Å². The first kappa shape index (κ1) is 19.5. The molecule has 0 spiro atoms. The maximum atomic E-state index is 12.1. The molecule has 0 aliphatic carbocycles. The van der Waals surface area contributed by atoms with Crippen LogP contribution in [0.2, 0.25) is 0 Å². The van der Waals surface area contributed by atoms with E-state index < -0.39 is 6.04 Å². The van der Waals surface area contributed by atoms with Crippen molar-refractivity contribution in [2.75, 3.05) is 17.7 Å². The molecular weight excluding hydrogens is 334 g/mol. The zero-order valence-corrected chi connectivity index (χ0v) is 15.2. The molecular formula is C18H25N5O3. The summed E-state index contributed by atoms with van der Waals surface area (Å²) in [5.41, 5.74) is 7.02. The number of methoxy groups -OCH3 is 1. The molecule has 0 aliphatic rings. The number of amides is 2. The second-order valence-electron chi connectivity index (χ2n) is 6.43. The molecule has 1 atom stereocenters. The van der Waals surface area contributed by atoms with Crippen LogP contribution in [-0.2, 0) is 16.1 Å². The quantitative estimate of drug-likeness (QED) is 0.666. The highest BCUT2D eigenvalue weighted by Crippen LogP contribution is 2.15. The molecule has 8 nitrogen and oxygen atoms in total. The van der Waals surface area contributed by atoms with Gasteiger partial charge in [0, 0.05) is 11.9 Å². The fraction of sp³-hybridized carbons (Fsp3) is 0.389. The number of nitrogens with zero attached hydrogens (tertiary/aromatic N) is 2. The van der Waals surface area contributed by atoms with Crippen LogP contribution < -0.4 is 21.1 Å². The third-order valence-electron chi connectivity index (χ3n) is 3.64. The van der Waals surface area contributed by atoms with Gasteiger partial charge in [0.1, 0.15) is 12.3 Å². The van der Waals surface area contributed by atoms with Crippen LogP contribution in [0.15, 0.2) is 36.7 Å². The second kappa shape index (κ2) is 9.00. The van der Waals surface area contributed by atoms with Crippen molar-refractivity contribution < 1.29 is 14.3 Å². The largest absolute Gasteiger partial charge is 0.497 e. The number of carbonyl (C=O) groups is 2. The van der Waals surface area contributed by atoms with Gasteiger partial charge in [-0.2, -0.15) is 5.10 Å². The number of aromatic nitrogens is 2. The minimum absolute atomic E-state index is 0.0277. The van der Waals surface area contributed by atoms with Crippen LogP contribution in [0.1, 0.15) is 20.3 Å². The lowest BCUT2D eigenvalue weighted by Crippen LogP contribution is -2.36. The van der Waals surface area contributed by atoms with E-state index in [9.17, 15) is 9.59 Å². The van der Waals surface area contributed by atoms with Gasteiger partial charge in [0.2, 0.25) is 11.8 Å². The smallest absolute Gasteiger partial charge is 0.246 e. The van der Waals surface area contributed by atoms with E-state index in [1.165, 1.54) is 10.9 Å². The topological polar surface area (TPSA) is 111 Å². The highest BCUT2D eigenvalue weighted by Gasteiger charge is 2.16. The Balaban J connectivity index is 1.86. The molecule has 0 unspecified atom stereocenters. The van der Waals surface area contributed by atoms with E-state index >= 15 is 0 Å². The van der Waals surface area contributed by atoms with Crippen molar-refractivity contribution in [1.29, 1.82) is 0 Å². The minimum atomic E-state index is -0.572. The van der Waals surface area contributed by atoms with Gasteiger partial charge in [-0.1, -0.05) is 13.8 Å². The van der Waals surface area contributed by atoms with Crippen LogP contribution in [0.3, 0.4) is 0 Å². The van der Waals surface area contributed by atoms with Gasteiger partial charge in [-0.05, 0) is 36.6 Å². The highest BCUT2D eigenvalue weighted by atomic mass is 16.5. The molecule has 0 saturated heterocycles. The lowest BCUT2D eigenvalue weighted by molar-refractivity contribution is -0.118. The zero-order valence-electron chi connectivity index (χ0n) is 15.2. The summed E-state index contributed by atoms with van der Waals surface area (Å²) >= 11 is 0. The van der Waals surface area contributed by atoms with Crippen LogP contribution in [0.4, 0.5) is 11.4 Å². The van der Waals surface area contributed by atoms with E-state index in [2.05, 4.69) is 15.7 Å². The van der Waals surface area contributed by atoms with Crippen molar-refractivity contribution in [3.8, 4) is 5.75 Å². The van der Waals surface area contributed by atoms with Crippen molar-refractivity contribution in [2.45, 2.75) is 32.9 Å². The summed E-state index contributed by atoms with van der Waals surface area (Å²) in [6.45, 7) is 4.04. The van der Waals surface area contributed by atoms with Gasteiger partial charge >= 0.3 is 0 Å². The number of hydrogen-bond acceptors (Lipinski definition) is 5. The summed E-state index contributed by atoms with van der Waals surface area (Å²) in [5, 5.41) is 9.56. The Bertz CT molecular complexity index is 740. The van der Waals surface area contributed by atoms with Crippen molar-refractivity contribution in [3.05, 3.63) is 36.7 Å². The molecule has 0 aliphatic heterocycles. The van der Waals surface area contributed by atoms with Crippen LogP contribution in [0.25, 0.3) is 0 Å². The number of hydrogen-bond donors (Lipinski definition) is 3. The van der Waals surface area contributed by atoms with Gasteiger partial charge in [0.15, 0.2) is 0 Å². The summed E-state index contributed by atoms with van der Waals surface area (Å²) in [6, 6.07) is 6.45. The Morgan fingerprint density at radius 2 is 1.88 bits per heavy atom. The van der Waals surface area contributed by atoms with Gasteiger partial charge in [-0.3, -0.25) is 14.3 Å². The third-order valence-corrected chi connectivity index (χ3v) is 3.64. The van der Waals surface area contributed by atoms with Crippen molar-refractivity contribution in [3.63, 3.8) is 0 Å². The first-order chi connectivity index (χ1) is 12.4. The van der Waals surface area contributed by atoms with Crippen LogP contribution in [0, 0.1) is 5.92 Å². The monoisotopic (exact) mass is 359 g/mol. The van der Waals surface area contributed by atoms with E-state index in [-0.39, 0.29) is 18.4 Å². The standard InChI is InChI=1S/C18H25N5O3/c1-12(2)8-16(19)18(25)22-14-9-20-23(10-14)11-17(24)21-13-4-6-15(26-3)7-5-13/h4-7,9-10,12,16H,8,11,19H2,1-3H3,(H,21,24)(H,22,25)/t16-/m0/s1. The molecule has 0 saturated carbocycles. The van der Waals surface area contributed by atoms with Crippen molar-refractivity contribution in [1.82, 2.24) is 9.78 Å². The first-order valence-corrected chi connectivity index (χ1v) is 8.40. The maximum Gasteiger partial charge on any atom is 0.246 e. The number of nitrogens with one attached hydrogen (secondary N) is 2. The van der Waals surface area contributed by atoms with Gasteiger partial charge in [-0.25, -0.2) is 0 Å². The molecule has 2 rings (SSSR count). The molecule has 0 bridgehead atoms. The summed E-state index contributed by atoms with van der Waals surface area (Å²) in [6.07, 6.45) is 3.68. The Hall–Kier alpha value is -2.87. The molecule has 1 aromatic heterocycles. The highest BCUT2D eigenvalue weighted by molar-refractivity contribution is 5.94. The number of anilines is 2. The Morgan fingerprint density at radius 1 is 1.19 bits per heavy atom. The number of nitrogens with two attached hydrogens (primary N) is 1. The predicted octanol–water partition coefficient (Wildman–Crippen LogP) is 1.84. The average molecular weight is 359 g/mol. The molecule has 4 N–H and O–H groups in total. The first-order valence-electron chi connectivity index (χ1n) is 8.40. The van der Waals surface area contributed by atoms with Gasteiger partial charge in [0.05, 0.1) is 25.0 Å². The number of rotatable bonds is 8. The lowest BCUT2D eigenvalue weighted by Gasteiger charge is -2.13. The summed E-state index contributed by atoms with van der Waals surface area (Å²) in [4.78, 5) is 24.1. The molecule has 140 valence electrons. The normalized spacial score (nSPS) is 11.9. The van der Waals surface area contributed by atoms with Gasteiger partial charge < -0.3 is 21.1 Å². The lowest BCUT2D eigenvalue weighted by atomic mass is 10.0. The van der Waals surface area contributed by atoms with Crippen molar-refractivity contribution in [2.24, 2.45) is 11.7 Å². The Labute approximate surface area is 152 Å². The molecule has 2 amide bonds. The van der Waals surface area contributed by atoms with E-state index in [0.717, 1.165) is 0 Å². The van der Waals surface area contributed by atoms with Gasteiger partial charge in [0.25, 0.3) is 0 Å². The van der Waals surface area contributed by atoms with E-state index in [0.29, 0.717) is 29.5 Å². The van der Waals surface area contributed by atoms with Crippen LogP contribution in [0.5, 0.6) is 5.75 Å². The molecule has 0 radical (unpaired) electrons. The second-order valence-corrected chi connectivity index (χ2v) is 6.43. The number of benzene rings is 1. The predicted molar refractivity (Wildman–Crippen MR) is 99.9 cm³/mol. The third kappa shape index (κ3) is 5.89. The molecule has 26 heavy (non-hydrogen) atoms. The average Bonchev–Trinajstić information content (AvgIpc) is 3.01. The van der Waals surface area contributed by atoms with Gasteiger partial charge in [-0.15, -0.1) is 0 Å². The number of carbonyl (C=O) groups excluding carboxylic acids is 2. The maximum absolute atomic E-state index is 12.1. The number of ether oxygens (including phenoxy) is 1. The summed E-state index contributed by atoms with van der Waals surface area (Å²) in [5.74, 6) is 0.555. The zero-order chi connectivity index (χ0) is 19.1. The molecule has 0 fully saturated rings. The van der Waals surface area contributed by atoms with Crippen molar-refractivity contribution >= 4 is 23.2 Å². The SMILES string of the molecule is COc1ccc(NC(=O)Cn2cc(NC(=O)[C@@H](N)CC(C)C)cn2)cc1. The molecule has 1 heterocycles. The molecule has 1 aromatic carbocycles. The molecule has 8 heteroatoms. The van der Waals surface area contributed by atoms with E-state index in [1.807, 2.05) is 13.8 Å². The molecule has 2 aromatic rings. The van der Waals surface area contributed by atoms with Crippen LogP contribution >= 0.6 is 0 Å². The summed E-state index contributed by atoms with van der Waals surface area (Å²) < 4.78 is 6.52. The Kier molecular flexibility index (Phi) is 6.74.